The Morgan fingerprint density at radius 2 is 1.64 bits per heavy atom. The second-order valence-corrected chi connectivity index (χ2v) is 4.45. The van der Waals surface area contributed by atoms with Gasteiger partial charge >= 0.3 is 0 Å². The number of rotatable bonds is 1. The second-order valence-electron chi connectivity index (χ2n) is 2.11. The molecule has 0 amide bonds. The Labute approximate surface area is 105 Å². The maximum Gasteiger partial charge on any atom is 0.162 e. The number of hydrogen-bond donors (Lipinski definition) is 0. The molecule has 1 rings (SSSR count). The highest BCUT2D eigenvalue weighted by Gasteiger charge is 2.18. The van der Waals surface area contributed by atoms with Gasteiger partial charge in [0.15, 0.2) is 5.82 Å². The molecular weight excluding hydrogens is 364 g/mol. The number of azide groups is 1. The molecule has 0 aliphatic carbocycles. The minimum absolute atomic E-state index is 0.115. The molecule has 0 saturated carbocycles. The van der Waals surface area contributed by atoms with Crippen LogP contribution in [-0.4, -0.2) is 0 Å². The van der Waals surface area contributed by atoms with Crippen molar-refractivity contribution in [3.8, 4) is 0 Å². The van der Waals surface area contributed by atoms with Gasteiger partial charge in [-0.25, -0.2) is 4.39 Å². The third kappa shape index (κ3) is 1.99. The summed E-state index contributed by atoms with van der Waals surface area (Å²) in [5.41, 5.74) is 8.37. The van der Waals surface area contributed by atoms with Crippen LogP contribution in [0.5, 0.6) is 0 Å². The Balaban J connectivity index is 3.67. The molecule has 1 aromatic carbocycles. The van der Waals surface area contributed by atoms with Crippen LogP contribution in [0.4, 0.5) is 10.1 Å². The van der Waals surface area contributed by atoms with Gasteiger partial charge in [0.05, 0.1) is 15.7 Å². The molecule has 0 atom stereocenters. The zero-order valence-electron chi connectivity index (χ0n) is 6.23. The smallest absolute Gasteiger partial charge is 0.162 e. The molecule has 0 N–H and O–H groups in total. The van der Waals surface area contributed by atoms with Crippen LogP contribution >= 0.6 is 55.1 Å². The molecule has 0 saturated heterocycles. The molecule has 0 bridgehead atoms. The molecule has 0 aliphatic heterocycles. The van der Waals surface area contributed by atoms with Crippen molar-refractivity contribution >= 4 is 60.7 Å². The monoisotopic (exact) mass is 361 g/mol. The van der Waals surface area contributed by atoms with E-state index in [1.165, 1.54) is 0 Å². The van der Waals surface area contributed by atoms with E-state index in [0.717, 1.165) is 0 Å². The van der Waals surface area contributed by atoms with Gasteiger partial charge in [-0.05, 0) is 37.4 Å². The van der Waals surface area contributed by atoms with Crippen molar-refractivity contribution < 1.29 is 4.39 Å². The first-order valence-corrected chi connectivity index (χ1v) is 5.41. The van der Waals surface area contributed by atoms with E-state index in [4.69, 9.17) is 28.7 Å². The van der Waals surface area contributed by atoms with Gasteiger partial charge < -0.3 is 0 Å². The Morgan fingerprint density at radius 1 is 1.21 bits per heavy atom. The summed E-state index contributed by atoms with van der Waals surface area (Å²) >= 11 is 17.2. The average molecular weight is 364 g/mol. The van der Waals surface area contributed by atoms with E-state index < -0.39 is 5.82 Å². The van der Waals surface area contributed by atoms with Crippen molar-refractivity contribution in [3.63, 3.8) is 0 Å². The second kappa shape index (κ2) is 4.68. The first-order chi connectivity index (χ1) is 6.50. The van der Waals surface area contributed by atoms with Crippen LogP contribution < -0.4 is 0 Å². The summed E-state index contributed by atoms with van der Waals surface area (Å²) in [4.78, 5) is 2.56. The minimum atomic E-state index is -0.774. The topological polar surface area (TPSA) is 48.8 Å². The van der Waals surface area contributed by atoms with Gasteiger partial charge in [0.25, 0.3) is 0 Å². The fraction of sp³-hybridized carbons (Fsp3) is 0. The van der Waals surface area contributed by atoms with Gasteiger partial charge in [0.1, 0.15) is 0 Å². The summed E-state index contributed by atoms with van der Waals surface area (Å²) < 4.78 is 13.5. The van der Waals surface area contributed by atoms with Crippen LogP contribution in [0.1, 0.15) is 0 Å². The van der Waals surface area contributed by atoms with Gasteiger partial charge in [0.2, 0.25) is 0 Å². The van der Waals surface area contributed by atoms with Gasteiger partial charge in [-0.3, -0.25) is 0 Å². The fourth-order valence-corrected chi connectivity index (χ4v) is 2.31. The Morgan fingerprint density at radius 3 is 2.00 bits per heavy atom. The van der Waals surface area contributed by atoms with Crippen LogP contribution in [0.3, 0.4) is 0 Å². The SMILES string of the molecule is [N-]=[N+]=Nc1c(Br)c(Cl)c(F)c(Cl)c1Br. The number of halogens is 5. The predicted octanol–water partition coefficient (Wildman–Crippen LogP) is 5.60. The maximum absolute atomic E-state index is 13.2. The molecule has 0 fully saturated rings. The van der Waals surface area contributed by atoms with Crippen LogP contribution in [0.2, 0.25) is 10.0 Å². The van der Waals surface area contributed by atoms with E-state index in [1.807, 2.05) is 0 Å². The molecule has 0 unspecified atom stereocenters. The van der Waals surface area contributed by atoms with Gasteiger partial charge in [0, 0.05) is 13.9 Å². The van der Waals surface area contributed by atoms with Crippen molar-refractivity contribution in [3.05, 3.63) is 35.3 Å². The van der Waals surface area contributed by atoms with E-state index >= 15 is 0 Å². The van der Waals surface area contributed by atoms with E-state index in [-0.39, 0.29) is 24.7 Å². The lowest BCUT2D eigenvalue weighted by molar-refractivity contribution is 0.627. The molecule has 3 nitrogen and oxygen atoms in total. The van der Waals surface area contributed by atoms with Gasteiger partial charge in [-0.2, -0.15) is 0 Å². The van der Waals surface area contributed by atoms with Crippen molar-refractivity contribution in [2.75, 3.05) is 0 Å². The fourth-order valence-electron chi connectivity index (χ4n) is 0.726. The summed E-state index contributed by atoms with van der Waals surface area (Å²) in [6.07, 6.45) is 0. The minimum Gasteiger partial charge on any atom is -0.204 e. The van der Waals surface area contributed by atoms with Crippen molar-refractivity contribution in [2.24, 2.45) is 5.11 Å². The largest absolute Gasteiger partial charge is 0.204 e. The summed E-state index contributed by atoms with van der Waals surface area (Å²) in [7, 11) is 0. The maximum atomic E-state index is 13.2. The van der Waals surface area contributed by atoms with E-state index in [1.54, 1.807) is 0 Å². The molecule has 0 spiro atoms. The molecule has 1 aromatic rings. The summed E-state index contributed by atoms with van der Waals surface area (Å²) in [6.45, 7) is 0. The molecule has 14 heavy (non-hydrogen) atoms. The molecule has 0 heterocycles. The zero-order valence-corrected chi connectivity index (χ0v) is 10.9. The van der Waals surface area contributed by atoms with Crippen molar-refractivity contribution in [1.29, 1.82) is 0 Å². The first kappa shape index (κ1) is 12.1. The standard InChI is InChI=1S/C6Br2Cl2FN3/c7-1-3(9)5(11)4(10)2(8)6(1)13-14-12. The molecule has 8 heteroatoms. The Hall–Kier alpha value is -0.0000000000000000555. The summed E-state index contributed by atoms with van der Waals surface area (Å²) in [5.74, 6) is -0.774. The van der Waals surface area contributed by atoms with Crippen molar-refractivity contribution in [1.82, 2.24) is 0 Å². The highest BCUT2D eigenvalue weighted by atomic mass is 79.9. The lowest BCUT2D eigenvalue weighted by Crippen LogP contribution is -1.84. The molecule has 74 valence electrons. The molecular formula is C6Br2Cl2FN3. The quantitative estimate of drug-likeness (QED) is 0.205. The van der Waals surface area contributed by atoms with E-state index in [9.17, 15) is 4.39 Å². The number of nitrogens with zero attached hydrogens (tertiary/aromatic N) is 3. The average Bonchev–Trinajstić information content (AvgIpc) is 2.19. The van der Waals surface area contributed by atoms with E-state index in [2.05, 4.69) is 41.9 Å². The summed E-state index contributed by atoms with van der Waals surface area (Å²) in [6, 6.07) is 0. The summed E-state index contributed by atoms with van der Waals surface area (Å²) in [5, 5.41) is 2.88. The molecule has 0 aliphatic rings. The lowest BCUT2D eigenvalue weighted by Gasteiger charge is -2.07. The van der Waals surface area contributed by atoms with E-state index in [0.29, 0.717) is 0 Å². The van der Waals surface area contributed by atoms with Crippen LogP contribution in [0, 0.1) is 5.82 Å². The lowest BCUT2D eigenvalue weighted by atomic mass is 10.3. The zero-order chi connectivity index (χ0) is 10.9. The van der Waals surface area contributed by atoms with Crippen LogP contribution in [0.15, 0.2) is 14.1 Å². The third-order valence-electron chi connectivity index (χ3n) is 1.33. The highest BCUT2D eigenvalue weighted by molar-refractivity contribution is 9.11. The Bertz CT molecular complexity index is 416. The van der Waals surface area contributed by atoms with Crippen molar-refractivity contribution in [2.45, 2.75) is 0 Å². The number of benzene rings is 1. The first-order valence-electron chi connectivity index (χ1n) is 3.07. The van der Waals surface area contributed by atoms with Gasteiger partial charge in [-0.1, -0.05) is 28.3 Å². The molecule has 0 radical (unpaired) electrons. The highest BCUT2D eigenvalue weighted by Crippen LogP contribution is 2.45. The number of hydrogen-bond acceptors (Lipinski definition) is 1. The third-order valence-corrected chi connectivity index (χ3v) is 4.04. The van der Waals surface area contributed by atoms with Crippen LogP contribution in [0.25, 0.3) is 10.4 Å². The Kier molecular flexibility index (Phi) is 4.04. The van der Waals surface area contributed by atoms with Gasteiger partial charge in [-0.15, -0.1) is 0 Å². The normalized spacial score (nSPS) is 9.79. The van der Waals surface area contributed by atoms with Crippen LogP contribution in [-0.2, 0) is 0 Å². The predicted molar refractivity (Wildman–Crippen MR) is 60.6 cm³/mol. The molecule has 0 aromatic heterocycles.